The molecule has 0 aliphatic rings. The van der Waals surface area contributed by atoms with Gasteiger partial charge in [-0.3, -0.25) is 0 Å². The van der Waals surface area contributed by atoms with Gasteiger partial charge in [0, 0.05) is 28.8 Å². The van der Waals surface area contributed by atoms with Crippen LogP contribution in [0, 0.1) is 0 Å². The van der Waals surface area contributed by atoms with Gasteiger partial charge in [-0.1, -0.05) is 29.8 Å². The number of rotatable bonds is 4. The third-order valence-corrected chi connectivity index (χ3v) is 5.92. The molecule has 0 aromatic heterocycles. The van der Waals surface area contributed by atoms with Crippen molar-refractivity contribution in [1.29, 1.82) is 0 Å². The lowest BCUT2D eigenvalue weighted by atomic mass is 10.2. The van der Waals surface area contributed by atoms with Gasteiger partial charge in [-0.05, 0) is 45.8 Å². The molecule has 4 nitrogen and oxygen atoms in total. The van der Waals surface area contributed by atoms with E-state index < -0.39 is 10.0 Å². The van der Waals surface area contributed by atoms with Gasteiger partial charge in [0.25, 0.3) is 0 Å². The Balaban J connectivity index is 2.30. The Kier molecular flexibility index (Phi) is 4.93. The van der Waals surface area contributed by atoms with Crippen LogP contribution in [-0.4, -0.2) is 19.8 Å². The molecule has 0 unspecified atom stereocenters. The zero-order valence-electron chi connectivity index (χ0n) is 11.3. The number of nitrogens with zero attached hydrogens (tertiary/aromatic N) is 1. The lowest BCUT2D eigenvalue weighted by molar-refractivity contribution is 0.467. The zero-order chi connectivity index (χ0) is 15.6. The van der Waals surface area contributed by atoms with E-state index >= 15 is 0 Å². The van der Waals surface area contributed by atoms with E-state index in [1.165, 1.54) is 23.5 Å². The van der Waals surface area contributed by atoms with E-state index in [9.17, 15) is 8.42 Å². The molecule has 0 radical (unpaired) electrons. The van der Waals surface area contributed by atoms with Crippen LogP contribution in [0.15, 0.2) is 51.8 Å². The van der Waals surface area contributed by atoms with Crippen LogP contribution in [0.25, 0.3) is 0 Å². The summed E-state index contributed by atoms with van der Waals surface area (Å²) >= 11 is 9.31. The first-order valence-electron chi connectivity index (χ1n) is 6.07. The highest BCUT2D eigenvalue weighted by atomic mass is 79.9. The first-order chi connectivity index (χ1) is 9.82. The average molecular weight is 390 g/mol. The second-order valence-electron chi connectivity index (χ2n) is 4.54. The van der Waals surface area contributed by atoms with Crippen LogP contribution in [0.3, 0.4) is 0 Å². The van der Waals surface area contributed by atoms with Crippen molar-refractivity contribution in [1.82, 2.24) is 4.31 Å². The minimum Gasteiger partial charge on any atom is -0.398 e. The number of hydrogen-bond donors (Lipinski definition) is 1. The van der Waals surface area contributed by atoms with Crippen LogP contribution in [0.4, 0.5) is 5.69 Å². The molecule has 2 N–H and O–H groups in total. The molecule has 0 saturated carbocycles. The Labute approximate surface area is 137 Å². The van der Waals surface area contributed by atoms with Gasteiger partial charge in [0.15, 0.2) is 0 Å². The van der Waals surface area contributed by atoms with Gasteiger partial charge in [-0.15, -0.1) is 0 Å². The molecule has 0 heterocycles. The fourth-order valence-electron chi connectivity index (χ4n) is 1.81. The highest BCUT2D eigenvalue weighted by Crippen LogP contribution is 2.26. The Morgan fingerprint density at radius 2 is 1.90 bits per heavy atom. The molecule has 112 valence electrons. The van der Waals surface area contributed by atoms with Crippen LogP contribution in [0.2, 0.25) is 5.02 Å². The molecule has 0 aliphatic carbocycles. The summed E-state index contributed by atoms with van der Waals surface area (Å²) in [5.41, 5.74) is 6.87. The molecule has 0 spiro atoms. The molecular formula is C14H14BrClN2O2S. The van der Waals surface area contributed by atoms with Crippen molar-refractivity contribution in [3.05, 3.63) is 57.5 Å². The smallest absolute Gasteiger partial charge is 0.243 e. The summed E-state index contributed by atoms with van der Waals surface area (Å²) in [5.74, 6) is 0. The fourth-order valence-corrected chi connectivity index (χ4v) is 3.44. The molecule has 0 aliphatic heterocycles. The SMILES string of the molecule is CN(Cc1ccccc1Cl)S(=O)(=O)c1ccc(Br)c(N)c1. The monoisotopic (exact) mass is 388 g/mol. The fraction of sp³-hybridized carbons (Fsp3) is 0.143. The number of halogens is 2. The van der Waals surface area contributed by atoms with Crippen molar-refractivity contribution in [2.24, 2.45) is 0 Å². The maximum absolute atomic E-state index is 12.5. The standard InChI is InChI=1S/C14H14BrClN2O2S/c1-18(9-10-4-2-3-5-13(10)16)21(19,20)11-6-7-12(15)14(17)8-11/h2-8H,9,17H2,1H3. The second kappa shape index (κ2) is 6.36. The Bertz CT molecular complexity index is 765. The Morgan fingerprint density at radius 3 is 2.52 bits per heavy atom. The van der Waals surface area contributed by atoms with Gasteiger partial charge in [0.05, 0.1) is 4.90 Å². The maximum atomic E-state index is 12.5. The highest BCUT2D eigenvalue weighted by Gasteiger charge is 2.22. The van der Waals surface area contributed by atoms with Crippen LogP contribution in [-0.2, 0) is 16.6 Å². The van der Waals surface area contributed by atoms with Gasteiger partial charge in [-0.2, -0.15) is 4.31 Å². The van der Waals surface area contributed by atoms with Crippen molar-refractivity contribution in [3.63, 3.8) is 0 Å². The zero-order valence-corrected chi connectivity index (χ0v) is 14.4. The molecule has 0 saturated heterocycles. The third-order valence-electron chi connectivity index (χ3n) is 3.03. The third kappa shape index (κ3) is 3.58. The first kappa shape index (κ1) is 16.3. The summed E-state index contributed by atoms with van der Waals surface area (Å²) in [7, 11) is -2.11. The number of benzene rings is 2. The second-order valence-corrected chi connectivity index (χ2v) is 7.84. The molecule has 7 heteroatoms. The van der Waals surface area contributed by atoms with Crippen molar-refractivity contribution in [3.8, 4) is 0 Å². The molecule has 0 bridgehead atoms. The quantitative estimate of drug-likeness (QED) is 0.814. The number of nitrogen functional groups attached to an aromatic ring is 1. The number of sulfonamides is 1. The molecule has 2 aromatic carbocycles. The minimum absolute atomic E-state index is 0.151. The van der Waals surface area contributed by atoms with Gasteiger partial charge >= 0.3 is 0 Å². The number of hydrogen-bond acceptors (Lipinski definition) is 3. The van der Waals surface area contributed by atoms with E-state index in [0.717, 1.165) is 5.56 Å². The Hall–Kier alpha value is -1.08. The van der Waals surface area contributed by atoms with Crippen molar-refractivity contribution in [2.75, 3.05) is 12.8 Å². The molecule has 2 aromatic rings. The summed E-state index contributed by atoms with van der Waals surface area (Å²) < 4.78 is 27.0. The normalized spacial score (nSPS) is 11.8. The van der Waals surface area contributed by atoms with E-state index in [1.807, 2.05) is 6.07 Å². The van der Waals surface area contributed by atoms with Crippen LogP contribution in [0.1, 0.15) is 5.56 Å². The molecule has 2 rings (SSSR count). The summed E-state index contributed by atoms with van der Waals surface area (Å²) in [5, 5.41) is 0.537. The van der Waals surface area contributed by atoms with Crippen molar-refractivity contribution < 1.29 is 8.42 Å². The van der Waals surface area contributed by atoms with Crippen LogP contribution < -0.4 is 5.73 Å². The lowest BCUT2D eigenvalue weighted by Gasteiger charge is -2.18. The summed E-state index contributed by atoms with van der Waals surface area (Å²) in [6.45, 7) is 0.192. The average Bonchev–Trinajstić information content (AvgIpc) is 2.44. The van der Waals surface area contributed by atoms with Gasteiger partial charge in [-0.25, -0.2) is 8.42 Å². The summed E-state index contributed by atoms with van der Waals surface area (Å²) in [4.78, 5) is 0.151. The largest absolute Gasteiger partial charge is 0.398 e. The van der Waals surface area contributed by atoms with E-state index in [2.05, 4.69) is 15.9 Å². The summed E-state index contributed by atoms with van der Waals surface area (Å²) in [6, 6.07) is 11.7. The Morgan fingerprint density at radius 1 is 1.24 bits per heavy atom. The molecule has 21 heavy (non-hydrogen) atoms. The molecule has 0 atom stereocenters. The molecular weight excluding hydrogens is 376 g/mol. The maximum Gasteiger partial charge on any atom is 0.243 e. The van der Waals surface area contributed by atoms with Gasteiger partial charge < -0.3 is 5.73 Å². The van der Waals surface area contributed by atoms with E-state index in [4.69, 9.17) is 17.3 Å². The van der Waals surface area contributed by atoms with Gasteiger partial charge in [0.2, 0.25) is 10.0 Å². The van der Waals surface area contributed by atoms with E-state index in [-0.39, 0.29) is 11.4 Å². The highest BCUT2D eigenvalue weighted by molar-refractivity contribution is 9.10. The van der Waals surface area contributed by atoms with E-state index in [1.54, 1.807) is 24.3 Å². The van der Waals surface area contributed by atoms with Crippen molar-refractivity contribution >= 4 is 43.2 Å². The first-order valence-corrected chi connectivity index (χ1v) is 8.68. The van der Waals surface area contributed by atoms with E-state index in [0.29, 0.717) is 15.2 Å². The topological polar surface area (TPSA) is 63.4 Å². The predicted octanol–water partition coefficient (Wildman–Crippen LogP) is 3.51. The van der Waals surface area contributed by atoms with Gasteiger partial charge in [0.1, 0.15) is 0 Å². The molecule has 0 fully saturated rings. The van der Waals surface area contributed by atoms with Crippen LogP contribution in [0.5, 0.6) is 0 Å². The lowest BCUT2D eigenvalue weighted by Crippen LogP contribution is -2.26. The predicted molar refractivity (Wildman–Crippen MR) is 88.7 cm³/mol. The number of anilines is 1. The van der Waals surface area contributed by atoms with Crippen molar-refractivity contribution in [2.45, 2.75) is 11.4 Å². The molecule has 0 amide bonds. The van der Waals surface area contributed by atoms with Crippen LogP contribution >= 0.6 is 27.5 Å². The minimum atomic E-state index is -3.62. The summed E-state index contributed by atoms with van der Waals surface area (Å²) in [6.07, 6.45) is 0. The number of nitrogens with two attached hydrogens (primary N) is 1.